The van der Waals surface area contributed by atoms with Crippen molar-refractivity contribution in [3.05, 3.63) is 78.4 Å². The topological polar surface area (TPSA) is 32.7 Å². The van der Waals surface area contributed by atoms with Crippen LogP contribution in [-0.2, 0) is 6.54 Å². The zero-order chi connectivity index (χ0) is 16.4. The third-order valence-corrected chi connectivity index (χ3v) is 4.59. The summed E-state index contributed by atoms with van der Waals surface area (Å²) in [6.07, 6.45) is -0.660. The molecule has 0 radical (unpaired) electrons. The number of ether oxygens (including phenoxy) is 1. The van der Waals surface area contributed by atoms with E-state index in [1.165, 1.54) is 5.56 Å². The average molecular weight is 319 g/mol. The number of nitrogens with zero attached hydrogens (tertiary/aromatic N) is 1. The van der Waals surface area contributed by atoms with Crippen LogP contribution in [0.25, 0.3) is 10.8 Å². The maximum Gasteiger partial charge on any atom is 0.138 e. The first-order valence-corrected chi connectivity index (χ1v) is 8.38. The van der Waals surface area contributed by atoms with Crippen LogP contribution in [0.15, 0.2) is 72.8 Å². The second kappa shape index (κ2) is 6.63. The quantitative estimate of drug-likeness (QED) is 0.799. The van der Waals surface area contributed by atoms with E-state index in [1.54, 1.807) is 0 Å². The van der Waals surface area contributed by atoms with Crippen LogP contribution in [0, 0.1) is 0 Å². The summed E-state index contributed by atoms with van der Waals surface area (Å²) in [6, 6.07) is 24.6. The molecule has 3 aromatic carbocycles. The molecule has 1 saturated heterocycles. The largest absolute Gasteiger partial charge is 0.486 e. The van der Waals surface area contributed by atoms with Gasteiger partial charge in [0.15, 0.2) is 0 Å². The van der Waals surface area contributed by atoms with Crippen LogP contribution >= 0.6 is 0 Å². The number of hydrogen-bond acceptors (Lipinski definition) is 3. The Labute approximate surface area is 142 Å². The molecular formula is C21H21NO2. The summed E-state index contributed by atoms with van der Waals surface area (Å²) in [7, 11) is 0. The molecule has 1 aliphatic heterocycles. The van der Waals surface area contributed by atoms with E-state index in [9.17, 15) is 5.11 Å². The van der Waals surface area contributed by atoms with Crippen molar-refractivity contribution in [2.75, 3.05) is 13.1 Å². The molecule has 3 aromatic rings. The van der Waals surface area contributed by atoms with E-state index in [2.05, 4.69) is 35.2 Å². The lowest BCUT2D eigenvalue weighted by Gasteiger charge is -2.18. The van der Waals surface area contributed by atoms with Gasteiger partial charge >= 0.3 is 0 Å². The minimum Gasteiger partial charge on any atom is -0.486 e. The number of benzene rings is 3. The molecule has 2 atom stereocenters. The molecule has 2 unspecified atom stereocenters. The minimum atomic E-state index is -0.465. The minimum absolute atomic E-state index is 0.195. The molecule has 0 spiro atoms. The van der Waals surface area contributed by atoms with Crippen molar-refractivity contribution >= 4 is 10.8 Å². The van der Waals surface area contributed by atoms with Gasteiger partial charge in [0.05, 0.1) is 0 Å². The number of aliphatic hydroxyl groups excluding tert-OH is 1. The summed E-state index contributed by atoms with van der Waals surface area (Å²) >= 11 is 0. The molecule has 0 amide bonds. The number of β-amino-alcohol motifs (C(OH)–C–C–N with tert-alkyl or cyclic N) is 1. The lowest BCUT2D eigenvalue weighted by Crippen LogP contribution is -2.30. The van der Waals surface area contributed by atoms with E-state index in [4.69, 9.17) is 4.74 Å². The SMILES string of the molecule is OC1CN(Cc2ccccc2)CC1Oc1cccc2ccccc12. The van der Waals surface area contributed by atoms with E-state index in [0.29, 0.717) is 6.54 Å². The first kappa shape index (κ1) is 15.2. The van der Waals surface area contributed by atoms with E-state index < -0.39 is 6.10 Å². The van der Waals surface area contributed by atoms with E-state index in [0.717, 1.165) is 29.6 Å². The number of likely N-dealkylation sites (tertiary alicyclic amines) is 1. The molecule has 3 heteroatoms. The van der Waals surface area contributed by atoms with Crippen molar-refractivity contribution in [1.82, 2.24) is 4.90 Å². The highest BCUT2D eigenvalue weighted by Gasteiger charge is 2.33. The lowest BCUT2D eigenvalue weighted by atomic mass is 10.1. The van der Waals surface area contributed by atoms with Crippen LogP contribution in [0.4, 0.5) is 0 Å². The number of rotatable bonds is 4. The van der Waals surface area contributed by atoms with E-state index in [1.807, 2.05) is 42.5 Å². The second-order valence-electron chi connectivity index (χ2n) is 6.38. The fraction of sp³-hybridized carbons (Fsp3) is 0.238. The molecule has 0 aliphatic carbocycles. The van der Waals surface area contributed by atoms with Crippen LogP contribution in [0.1, 0.15) is 5.56 Å². The Hall–Kier alpha value is -2.36. The van der Waals surface area contributed by atoms with Gasteiger partial charge < -0.3 is 9.84 Å². The van der Waals surface area contributed by atoms with Gasteiger partial charge in [0.25, 0.3) is 0 Å². The highest BCUT2D eigenvalue weighted by atomic mass is 16.5. The Morgan fingerprint density at radius 1 is 0.875 bits per heavy atom. The molecule has 122 valence electrons. The molecule has 0 saturated carbocycles. The Kier molecular flexibility index (Phi) is 4.20. The van der Waals surface area contributed by atoms with Crippen LogP contribution in [-0.4, -0.2) is 35.3 Å². The zero-order valence-corrected chi connectivity index (χ0v) is 13.5. The van der Waals surface area contributed by atoms with Crippen molar-refractivity contribution in [2.45, 2.75) is 18.8 Å². The van der Waals surface area contributed by atoms with Gasteiger partial charge in [-0.3, -0.25) is 4.90 Å². The molecule has 1 N–H and O–H groups in total. The normalized spacial score (nSPS) is 21.2. The molecule has 1 aliphatic rings. The molecule has 3 nitrogen and oxygen atoms in total. The Bertz CT molecular complexity index is 813. The van der Waals surface area contributed by atoms with Crippen LogP contribution in [0.2, 0.25) is 0 Å². The number of aliphatic hydroxyl groups is 1. The molecule has 0 bridgehead atoms. The summed E-state index contributed by atoms with van der Waals surface area (Å²) in [5, 5.41) is 12.7. The Morgan fingerprint density at radius 2 is 1.62 bits per heavy atom. The predicted octanol–water partition coefficient (Wildman–Crippen LogP) is 3.46. The monoisotopic (exact) mass is 319 g/mol. The van der Waals surface area contributed by atoms with Crippen molar-refractivity contribution in [3.63, 3.8) is 0 Å². The van der Waals surface area contributed by atoms with Crippen LogP contribution in [0.5, 0.6) is 5.75 Å². The van der Waals surface area contributed by atoms with Crippen LogP contribution < -0.4 is 4.74 Å². The molecular weight excluding hydrogens is 298 g/mol. The third kappa shape index (κ3) is 3.14. The van der Waals surface area contributed by atoms with Crippen molar-refractivity contribution in [1.29, 1.82) is 0 Å². The second-order valence-corrected chi connectivity index (χ2v) is 6.38. The fourth-order valence-corrected chi connectivity index (χ4v) is 3.38. The Balaban J connectivity index is 1.48. The smallest absolute Gasteiger partial charge is 0.138 e. The van der Waals surface area contributed by atoms with Gasteiger partial charge in [-0.25, -0.2) is 0 Å². The van der Waals surface area contributed by atoms with Gasteiger partial charge in [-0.2, -0.15) is 0 Å². The van der Waals surface area contributed by atoms with Gasteiger partial charge in [0.2, 0.25) is 0 Å². The standard InChI is InChI=1S/C21H21NO2/c23-19-14-22(13-16-7-2-1-3-8-16)15-21(19)24-20-12-6-10-17-9-4-5-11-18(17)20/h1-12,19,21,23H,13-15H2. The third-order valence-electron chi connectivity index (χ3n) is 4.59. The summed E-state index contributed by atoms with van der Waals surface area (Å²) < 4.78 is 6.18. The maximum absolute atomic E-state index is 10.4. The lowest BCUT2D eigenvalue weighted by molar-refractivity contribution is 0.0747. The summed E-state index contributed by atoms with van der Waals surface area (Å²) in [4.78, 5) is 2.25. The van der Waals surface area contributed by atoms with Crippen LogP contribution in [0.3, 0.4) is 0 Å². The molecule has 1 heterocycles. The first-order chi connectivity index (χ1) is 11.8. The molecule has 4 rings (SSSR count). The van der Waals surface area contributed by atoms with E-state index in [-0.39, 0.29) is 6.10 Å². The number of fused-ring (bicyclic) bond motifs is 1. The molecule has 24 heavy (non-hydrogen) atoms. The van der Waals surface area contributed by atoms with Gasteiger partial charge in [-0.15, -0.1) is 0 Å². The van der Waals surface area contributed by atoms with Crippen molar-refractivity contribution in [2.24, 2.45) is 0 Å². The average Bonchev–Trinajstić information content (AvgIpc) is 2.95. The van der Waals surface area contributed by atoms with Gasteiger partial charge in [-0.05, 0) is 17.0 Å². The highest BCUT2D eigenvalue weighted by Crippen LogP contribution is 2.28. The zero-order valence-electron chi connectivity index (χ0n) is 13.5. The van der Waals surface area contributed by atoms with Crippen molar-refractivity contribution in [3.8, 4) is 5.75 Å². The molecule has 0 aromatic heterocycles. The summed E-state index contributed by atoms with van der Waals surface area (Å²) in [5.41, 5.74) is 1.26. The fourth-order valence-electron chi connectivity index (χ4n) is 3.38. The predicted molar refractivity (Wildman–Crippen MR) is 96.1 cm³/mol. The Morgan fingerprint density at radius 3 is 2.50 bits per heavy atom. The van der Waals surface area contributed by atoms with Crippen molar-refractivity contribution < 1.29 is 9.84 Å². The number of hydrogen-bond donors (Lipinski definition) is 1. The first-order valence-electron chi connectivity index (χ1n) is 8.38. The van der Waals surface area contributed by atoms with Gasteiger partial charge in [0.1, 0.15) is 18.0 Å². The summed E-state index contributed by atoms with van der Waals surface area (Å²) in [5.74, 6) is 0.846. The molecule has 1 fully saturated rings. The van der Waals surface area contributed by atoms with Gasteiger partial charge in [0, 0.05) is 25.0 Å². The van der Waals surface area contributed by atoms with Gasteiger partial charge in [-0.1, -0.05) is 66.7 Å². The summed E-state index contributed by atoms with van der Waals surface area (Å²) in [6.45, 7) is 2.22. The maximum atomic E-state index is 10.4. The van der Waals surface area contributed by atoms with E-state index >= 15 is 0 Å². The highest BCUT2D eigenvalue weighted by molar-refractivity contribution is 5.88.